The molecular formula is C31H39NO2S3. The van der Waals surface area contributed by atoms with Gasteiger partial charge in [0.1, 0.15) is 5.75 Å². The van der Waals surface area contributed by atoms with Gasteiger partial charge in [-0.1, -0.05) is 53.9 Å². The molecule has 0 aliphatic carbocycles. The molecule has 0 saturated carbocycles. The third kappa shape index (κ3) is 5.30. The molecule has 6 heteroatoms. The molecule has 4 rings (SSSR count). The second kappa shape index (κ2) is 11.0. The molecule has 1 aromatic carbocycles. The number of nitrogens with one attached hydrogen (secondary N) is 1. The van der Waals surface area contributed by atoms with Crippen LogP contribution in [0, 0.1) is 18.3 Å². The van der Waals surface area contributed by atoms with Gasteiger partial charge in [0.25, 0.3) is 0 Å². The predicted octanol–water partition coefficient (Wildman–Crippen LogP) is 10.6. The van der Waals surface area contributed by atoms with E-state index >= 15 is 0 Å². The van der Waals surface area contributed by atoms with Crippen LogP contribution in [-0.2, 0) is 5.41 Å². The van der Waals surface area contributed by atoms with Crippen molar-refractivity contribution in [2.24, 2.45) is 5.92 Å². The summed E-state index contributed by atoms with van der Waals surface area (Å²) in [7, 11) is 0. The predicted molar refractivity (Wildman–Crippen MR) is 165 cm³/mol. The third-order valence-corrected chi connectivity index (χ3v) is 11.1. The first kappa shape index (κ1) is 28.0. The fraction of sp³-hybridized carbons (Fsp3) is 0.484. The van der Waals surface area contributed by atoms with Crippen molar-refractivity contribution in [2.45, 2.75) is 86.5 Å². The fourth-order valence-corrected chi connectivity index (χ4v) is 8.76. The van der Waals surface area contributed by atoms with Gasteiger partial charge in [0.15, 0.2) is 5.78 Å². The van der Waals surface area contributed by atoms with Crippen molar-refractivity contribution in [3.05, 3.63) is 39.1 Å². The minimum Gasteiger partial charge on any atom is -0.491 e. The van der Waals surface area contributed by atoms with Crippen molar-refractivity contribution in [2.75, 3.05) is 6.61 Å². The summed E-state index contributed by atoms with van der Waals surface area (Å²) in [6, 6.07) is 4.46. The number of fused-ring (bicyclic) bond motifs is 2. The van der Waals surface area contributed by atoms with Crippen LogP contribution in [0.5, 0.6) is 5.75 Å². The first-order valence-electron chi connectivity index (χ1n) is 13.3. The van der Waals surface area contributed by atoms with Gasteiger partial charge >= 0.3 is 0 Å². The summed E-state index contributed by atoms with van der Waals surface area (Å²) in [6.07, 6.45) is 4.77. The van der Waals surface area contributed by atoms with Gasteiger partial charge in [-0.15, -0.1) is 34.0 Å². The van der Waals surface area contributed by atoms with Crippen LogP contribution < -0.4 is 4.74 Å². The summed E-state index contributed by atoms with van der Waals surface area (Å²) in [5.41, 5.74) is 3.06. The van der Waals surface area contributed by atoms with Crippen LogP contribution in [0.25, 0.3) is 29.9 Å². The summed E-state index contributed by atoms with van der Waals surface area (Å²) in [5.74, 6) is 1.59. The van der Waals surface area contributed by atoms with Crippen LogP contribution in [0.2, 0.25) is 0 Å². The van der Waals surface area contributed by atoms with Crippen LogP contribution >= 0.6 is 34.0 Å². The molecule has 0 saturated heterocycles. The number of Topliss-reactive ketones (excluding diaryl/α,β-unsaturated/α-hetero) is 1. The smallest absolute Gasteiger partial charge is 0.161 e. The lowest BCUT2D eigenvalue weighted by molar-refractivity contribution is 0.101. The molecule has 198 valence electrons. The van der Waals surface area contributed by atoms with Gasteiger partial charge in [-0.3, -0.25) is 4.79 Å². The van der Waals surface area contributed by atoms with E-state index in [1.165, 1.54) is 45.0 Å². The van der Waals surface area contributed by atoms with E-state index < -0.39 is 0 Å². The fourth-order valence-electron chi connectivity index (χ4n) is 5.04. The number of rotatable bonds is 10. The Morgan fingerprint density at radius 3 is 2.41 bits per heavy atom. The zero-order valence-corrected chi connectivity index (χ0v) is 25.8. The van der Waals surface area contributed by atoms with Crippen molar-refractivity contribution in [1.82, 2.24) is 0 Å². The molecule has 4 aromatic rings. The number of hydrogen-bond acceptors (Lipinski definition) is 6. The minimum atomic E-state index is -0.175. The SMILES string of the molecule is CCCCC(CC)COc1c2ccsc2c(C)c2cc(-c3sc(C(C)(C)C)c(C(C)=O)c3C(C)=N)sc12. The first-order valence-corrected chi connectivity index (χ1v) is 15.8. The number of benzene rings is 1. The maximum atomic E-state index is 12.8. The summed E-state index contributed by atoms with van der Waals surface area (Å²) in [6.45, 7) is 17.3. The molecule has 1 N–H and O–H groups in total. The number of unbranched alkanes of at least 4 members (excludes halogenated alkanes) is 1. The molecule has 0 amide bonds. The Labute approximate surface area is 233 Å². The second-order valence-electron chi connectivity index (χ2n) is 11.1. The average molecular weight is 554 g/mol. The zero-order chi connectivity index (χ0) is 27.1. The Balaban J connectivity index is 1.92. The topological polar surface area (TPSA) is 50.2 Å². The van der Waals surface area contributed by atoms with Gasteiger partial charge < -0.3 is 10.1 Å². The number of hydrogen-bond donors (Lipinski definition) is 1. The Morgan fingerprint density at radius 1 is 1.08 bits per heavy atom. The van der Waals surface area contributed by atoms with Crippen molar-refractivity contribution < 1.29 is 9.53 Å². The van der Waals surface area contributed by atoms with Crippen LogP contribution in [0.4, 0.5) is 0 Å². The molecular weight excluding hydrogens is 515 g/mol. The highest BCUT2D eigenvalue weighted by Crippen LogP contribution is 2.50. The summed E-state index contributed by atoms with van der Waals surface area (Å²) in [4.78, 5) is 16.0. The first-order chi connectivity index (χ1) is 17.5. The van der Waals surface area contributed by atoms with Crippen LogP contribution in [-0.4, -0.2) is 18.1 Å². The zero-order valence-electron chi connectivity index (χ0n) is 23.4. The lowest BCUT2D eigenvalue weighted by Crippen LogP contribution is -2.14. The Hall–Kier alpha value is -2.02. The van der Waals surface area contributed by atoms with E-state index in [4.69, 9.17) is 10.1 Å². The van der Waals surface area contributed by atoms with Gasteiger partial charge in [0.2, 0.25) is 0 Å². The molecule has 0 spiro atoms. The maximum Gasteiger partial charge on any atom is 0.161 e. The number of aryl methyl sites for hydroxylation is 1. The van der Waals surface area contributed by atoms with E-state index in [9.17, 15) is 4.79 Å². The van der Waals surface area contributed by atoms with Crippen LogP contribution in [0.1, 0.15) is 101 Å². The minimum absolute atomic E-state index is 0.0357. The molecule has 37 heavy (non-hydrogen) atoms. The van der Waals surface area contributed by atoms with Gasteiger partial charge in [0, 0.05) is 42.1 Å². The highest BCUT2D eigenvalue weighted by atomic mass is 32.1. The number of carbonyl (C=O) groups is 1. The molecule has 1 unspecified atom stereocenters. The maximum absolute atomic E-state index is 12.8. The third-order valence-electron chi connectivity index (χ3n) is 7.14. The van der Waals surface area contributed by atoms with Crippen molar-refractivity contribution in [1.29, 1.82) is 5.41 Å². The highest BCUT2D eigenvalue weighted by Gasteiger charge is 2.31. The number of carbonyl (C=O) groups excluding carboxylic acids is 1. The van der Waals surface area contributed by atoms with Crippen LogP contribution in [0.15, 0.2) is 17.5 Å². The Kier molecular flexibility index (Phi) is 8.32. The van der Waals surface area contributed by atoms with E-state index in [0.29, 0.717) is 17.2 Å². The van der Waals surface area contributed by atoms with E-state index in [1.807, 2.05) is 0 Å². The van der Waals surface area contributed by atoms with E-state index in [0.717, 1.165) is 39.0 Å². The quantitative estimate of drug-likeness (QED) is 0.157. The molecule has 0 aliphatic heterocycles. The van der Waals surface area contributed by atoms with E-state index in [1.54, 1.807) is 47.9 Å². The Morgan fingerprint density at radius 2 is 1.81 bits per heavy atom. The second-order valence-corrected chi connectivity index (χ2v) is 14.1. The number of ether oxygens (including phenoxy) is 1. The summed E-state index contributed by atoms with van der Waals surface area (Å²) >= 11 is 5.19. The Bertz CT molecular complexity index is 1460. The van der Waals surface area contributed by atoms with Crippen molar-refractivity contribution in [3.8, 4) is 15.5 Å². The molecule has 1 atom stereocenters. The molecule has 0 fully saturated rings. The standard InChI is InChI=1S/C31H39NO2S3/c1-9-11-12-20(10-2)16-34-26-21-13-14-35-27(21)17(3)22-15-23(36-28(22)26)29-24(18(4)32)25(19(5)33)30(37-29)31(6,7)8/h13-15,20,32H,9-12,16H2,1-8H3. The molecule has 3 aromatic heterocycles. The largest absolute Gasteiger partial charge is 0.491 e. The molecule has 0 radical (unpaired) electrons. The number of thiophene rings is 3. The summed E-state index contributed by atoms with van der Waals surface area (Å²) in [5, 5.41) is 13.2. The normalized spacial score (nSPS) is 13.0. The summed E-state index contributed by atoms with van der Waals surface area (Å²) < 4.78 is 9.12. The van der Waals surface area contributed by atoms with Crippen molar-refractivity contribution in [3.63, 3.8) is 0 Å². The van der Waals surface area contributed by atoms with Gasteiger partial charge in [-0.05, 0) is 61.6 Å². The van der Waals surface area contributed by atoms with E-state index in [2.05, 4.69) is 59.1 Å². The van der Waals surface area contributed by atoms with Gasteiger partial charge in [-0.2, -0.15) is 0 Å². The molecule has 0 aliphatic rings. The van der Waals surface area contributed by atoms with Crippen LogP contribution in [0.3, 0.4) is 0 Å². The van der Waals surface area contributed by atoms with Crippen molar-refractivity contribution >= 4 is 65.7 Å². The van der Waals surface area contributed by atoms with Gasteiger partial charge in [-0.25, -0.2) is 0 Å². The van der Waals surface area contributed by atoms with Gasteiger partial charge in [0.05, 0.1) is 16.2 Å². The monoisotopic (exact) mass is 553 g/mol. The lowest BCUT2D eigenvalue weighted by atomic mass is 9.88. The molecule has 0 bridgehead atoms. The lowest BCUT2D eigenvalue weighted by Gasteiger charge is -2.18. The highest BCUT2D eigenvalue weighted by molar-refractivity contribution is 7.27. The molecule has 3 heterocycles. The number of ketones is 1. The molecule has 3 nitrogen and oxygen atoms in total. The average Bonchev–Trinajstić information content (AvgIpc) is 3.56. The van der Waals surface area contributed by atoms with E-state index in [-0.39, 0.29) is 11.2 Å².